The molecule has 0 radical (unpaired) electrons. The highest BCUT2D eigenvalue weighted by Gasteiger charge is 2.33. The molecule has 138 valence electrons. The molecule has 6 heteroatoms. The minimum absolute atomic E-state index is 0.0269. The van der Waals surface area contributed by atoms with E-state index in [0.717, 1.165) is 6.42 Å². The smallest absolute Gasteiger partial charge is 0.223 e. The lowest BCUT2D eigenvalue weighted by Gasteiger charge is -2.35. The van der Waals surface area contributed by atoms with Crippen LogP contribution in [0.4, 0.5) is 0 Å². The van der Waals surface area contributed by atoms with Crippen molar-refractivity contribution in [2.75, 3.05) is 6.54 Å². The minimum atomic E-state index is -0.0295. The Labute approximate surface area is 171 Å². The molecule has 4 rings (SSSR count). The Morgan fingerprint density at radius 2 is 1.85 bits per heavy atom. The predicted octanol–water partition coefficient (Wildman–Crippen LogP) is 5.60. The maximum atomic E-state index is 13.0. The average molecular weight is 416 g/mol. The number of thiophene rings is 2. The van der Waals surface area contributed by atoms with Crippen molar-refractivity contribution in [2.45, 2.75) is 25.3 Å². The second-order valence-corrected chi connectivity index (χ2v) is 8.90. The van der Waals surface area contributed by atoms with Crippen molar-refractivity contribution >= 4 is 46.0 Å². The van der Waals surface area contributed by atoms with Crippen LogP contribution in [0.15, 0.2) is 53.2 Å². The molecule has 3 aromatic rings. The van der Waals surface area contributed by atoms with Gasteiger partial charge in [-0.25, -0.2) is 0 Å². The van der Waals surface area contributed by atoms with Crippen LogP contribution in [0.3, 0.4) is 0 Å². The molecule has 1 amide bonds. The van der Waals surface area contributed by atoms with Crippen molar-refractivity contribution < 1.29 is 9.59 Å². The molecule has 1 aliphatic rings. The van der Waals surface area contributed by atoms with Gasteiger partial charge in [0.05, 0.1) is 6.04 Å². The SMILES string of the molecule is O=C(CCC(=O)N1CCc2sccc2[C@H]1c1cccs1)c1ccc(Cl)cc1. The number of halogens is 1. The molecule has 1 aliphatic heterocycles. The molecule has 3 heterocycles. The third kappa shape index (κ3) is 3.86. The Hall–Kier alpha value is -1.95. The Bertz CT molecular complexity index is 947. The summed E-state index contributed by atoms with van der Waals surface area (Å²) in [5.74, 6) is 0.00786. The van der Waals surface area contributed by atoms with Crippen molar-refractivity contribution in [3.63, 3.8) is 0 Å². The number of benzene rings is 1. The fourth-order valence-electron chi connectivity index (χ4n) is 3.48. The Kier molecular flexibility index (Phi) is 5.43. The number of amides is 1. The lowest BCUT2D eigenvalue weighted by atomic mass is 9.97. The summed E-state index contributed by atoms with van der Waals surface area (Å²) in [6.45, 7) is 0.698. The number of rotatable bonds is 5. The van der Waals surface area contributed by atoms with Crippen LogP contribution < -0.4 is 0 Å². The van der Waals surface area contributed by atoms with E-state index in [1.807, 2.05) is 16.3 Å². The number of Topliss-reactive ketones (excluding diaryl/α,β-unsaturated/α-hetero) is 1. The maximum Gasteiger partial charge on any atom is 0.223 e. The predicted molar refractivity (Wildman–Crippen MR) is 111 cm³/mol. The number of fused-ring (bicyclic) bond motifs is 1. The molecule has 0 fully saturated rings. The number of hydrogen-bond donors (Lipinski definition) is 0. The summed E-state index contributed by atoms with van der Waals surface area (Å²) in [6.07, 6.45) is 1.32. The normalized spacial score (nSPS) is 16.2. The third-order valence-corrected chi connectivity index (χ3v) is 7.00. The Morgan fingerprint density at radius 1 is 1.04 bits per heavy atom. The highest BCUT2D eigenvalue weighted by Crippen LogP contribution is 2.39. The molecule has 0 N–H and O–H groups in total. The van der Waals surface area contributed by atoms with Crippen LogP contribution in [0.25, 0.3) is 0 Å². The van der Waals surface area contributed by atoms with E-state index in [-0.39, 0.29) is 30.6 Å². The van der Waals surface area contributed by atoms with Crippen LogP contribution in [0, 0.1) is 0 Å². The largest absolute Gasteiger partial charge is 0.330 e. The molecule has 1 aromatic carbocycles. The Balaban J connectivity index is 1.49. The molecule has 0 spiro atoms. The van der Waals surface area contributed by atoms with Gasteiger partial charge in [-0.05, 0) is 59.1 Å². The molecule has 0 saturated heterocycles. The van der Waals surface area contributed by atoms with Crippen molar-refractivity contribution in [1.82, 2.24) is 4.90 Å². The first-order valence-electron chi connectivity index (χ1n) is 8.81. The number of carbonyl (C=O) groups is 2. The summed E-state index contributed by atoms with van der Waals surface area (Å²) >= 11 is 9.30. The van der Waals surface area contributed by atoms with Gasteiger partial charge in [-0.2, -0.15) is 0 Å². The summed E-state index contributed by atoms with van der Waals surface area (Å²) in [4.78, 5) is 29.9. The van der Waals surface area contributed by atoms with Crippen LogP contribution in [0.1, 0.15) is 44.6 Å². The first-order valence-corrected chi connectivity index (χ1v) is 10.9. The summed E-state index contributed by atoms with van der Waals surface area (Å²) in [6, 6.07) is 13.0. The van der Waals surface area contributed by atoms with Gasteiger partial charge < -0.3 is 4.90 Å². The zero-order chi connectivity index (χ0) is 18.8. The monoisotopic (exact) mass is 415 g/mol. The zero-order valence-corrected chi connectivity index (χ0v) is 16.9. The summed E-state index contributed by atoms with van der Waals surface area (Å²) in [7, 11) is 0. The molecule has 0 saturated carbocycles. The van der Waals surface area contributed by atoms with E-state index in [1.54, 1.807) is 46.9 Å². The van der Waals surface area contributed by atoms with Gasteiger partial charge in [-0.3, -0.25) is 9.59 Å². The first-order chi connectivity index (χ1) is 13.1. The molecule has 0 bridgehead atoms. The van der Waals surface area contributed by atoms with Gasteiger partial charge in [0.25, 0.3) is 0 Å². The molecule has 27 heavy (non-hydrogen) atoms. The summed E-state index contributed by atoms with van der Waals surface area (Å²) < 4.78 is 0. The van der Waals surface area contributed by atoms with Crippen molar-refractivity contribution in [3.05, 3.63) is 79.1 Å². The van der Waals surface area contributed by atoms with Crippen molar-refractivity contribution in [3.8, 4) is 0 Å². The van der Waals surface area contributed by atoms with Crippen LogP contribution >= 0.6 is 34.3 Å². The van der Waals surface area contributed by atoms with Crippen LogP contribution in [0.2, 0.25) is 5.02 Å². The summed E-state index contributed by atoms with van der Waals surface area (Å²) in [5.41, 5.74) is 1.83. The second-order valence-electron chi connectivity index (χ2n) is 6.48. The van der Waals surface area contributed by atoms with Gasteiger partial charge in [0, 0.05) is 39.7 Å². The fraction of sp³-hybridized carbons (Fsp3) is 0.238. The first kappa shape index (κ1) is 18.4. The molecule has 0 unspecified atom stereocenters. The molecular weight excluding hydrogens is 398 g/mol. The molecule has 2 aromatic heterocycles. The fourth-order valence-corrected chi connectivity index (χ4v) is 5.37. The summed E-state index contributed by atoms with van der Waals surface area (Å²) in [5, 5.41) is 4.74. The second kappa shape index (κ2) is 7.97. The van der Waals surface area contributed by atoms with Crippen molar-refractivity contribution in [1.29, 1.82) is 0 Å². The van der Waals surface area contributed by atoms with E-state index in [2.05, 4.69) is 17.5 Å². The van der Waals surface area contributed by atoms with Crippen LogP contribution in [0.5, 0.6) is 0 Å². The van der Waals surface area contributed by atoms with Gasteiger partial charge in [-0.15, -0.1) is 22.7 Å². The van der Waals surface area contributed by atoms with Gasteiger partial charge in [-0.1, -0.05) is 17.7 Å². The number of carbonyl (C=O) groups excluding carboxylic acids is 2. The number of ketones is 1. The average Bonchev–Trinajstić information content (AvgIpc) is 3.37. The number of nitrogens with zero attached hydrogens (tertiary/aromatic N) is 1. The lowest BCUT2D eigenvalue weighted by Crippen LogP contribution is -2.39. The van der Waals surface area contributed by atoms with Gasteiger partial charge in [0.1, 0.15) is 0 Å². The zero-order valence-electron chi connectivity index (χ0n) is 14.6. The third-order valence-electron chi connectivity index (χ3n) is 4.83. The van der Waals surface area contributed by atoms with Gasteiger partial charge >= 0.3 is 0 Å². The van der Waals surface area contributed by atoms with Crippen LogP contribution in [-0.4, -0.2) is 23.1 Å². The quantitative estimate of drug-likeness (QED) is 0.508. The maximum absolute atomic E-state index is 13.0. The van der Waals surface area contributed by atoms with Gasteiger partial charge in [0.2, 0.25) is 5.91 Å². The van der Waals surface area contributed by atoms with E-state index >= 15 is 0 Å². The topological polar surface area (TPSA) is 37.4 Å². The molecule has 0 aliphatic carbocycles. The molecule has 3 nitrogen and oxygen atoms in total. The minimum Gasteiger partial charge on any atom is -0.330 e. The number of hydrogen-bond acceptors (Lipinski definition) is 4. The van der Waals surface area contributed by atoms with E-state index < -0.39 is 0 Å². The van der Waals surface area contributed by atoms with E-state index in [9.17, 15) is 9.59 Å². The highest BCUT2D eigenvalue weighted by molar-refractivity contribution is 7.10. The van der Waals surface area contributed by atoms with Crippen LogP contribution in [-0.2, 0) is 11.2 Å². The lowest BCUT2D eigenvalue weighted by molar-refractivity contribution is -0.133. The van der Waals surface area contributed by atoms with Crippen molar-refractivity contribution in [2.24, 2.45) is 0 Å². The molecular formula is C21H18ClNO2S2. The van der Waals surface area contributed by atoms with E-state index in [1.165, 1.54) is 15.3 Å². The standard InChI is InChI=1S/C21H18ClNO2S2/c22-15-5-3-14(4-6-15)17(24)7-8-20(25)23-11-9-18-16(10-13-27-18)21(23)19-2-1-12-26-19/h1-6,10,12-13,21H,7-9,11H2/t21-/m0/s1. The molecule has 1 atom stereocenters. The highest BCUT2D eigenvalue weighted by atomic mass is 35.5. The van der Waals surface area contributed by atoms with Gasteiger partial charge in [0.15, 0.2) is 5.78 Å². The Morgan fingerprint density at radius 3 is 2.59 bits per heavy atom. The van der Waals surface area contributed by atoms with E-state index in [4.69, 9.17) is 11.6 Å². The van der Waals surface area contributed by atoms with E-state index in [0.29, 0.717) is 17.1 Å².